The molecule has 1 heterocycles. The van der Waals surface area contributed by atoms with E-state index < -0.39 is 0 Å². The molecule has 3 aromatic carbocycles. The first-order chi connectivity index (χ1) is 11.2. The smallest absolute Gasteiger partial charge is 0.0730 e. The van der Waals surface area contributed by atoms with Crippen molar-refractivity contribution < 1.29 is 0 Å². The SMILES string of the molecule is Cc1ccc(Nc2c3ccccc3nc3ccccc23)cc1Cl. The number of benzene rings is 3. The quantitative estimate of drug-likeness (QED) is 0.452. The lowest BCUT2D eigenvalue weighted by Gasteiger charge is -2.14. The number of rotatable bonds is 2. The zero-order valence-electron chi connectivity index (χ0n) is 12.7. The van der Waals surface area contributed by atoms with Gasteiger partial charge in [0.2, 0.25) is 0 Å². The van der Waals surface area contributed by atoms with Crippen molar-refractivity contribution in [3.8, 4) is 0 Å². The zero-order chi connectivity index (χ0) is 15.8. The Morgan fingerprint density at radius 2 is 1.43 bits per heavy atom. The summed E-state index contributed by atoms with van der Waals surface area (Å²) in [5, 5.41) is 6.50. The molecule has 2 nitrogen and oxygen atoms in total. The minimum atomic E-state index is 0.762. The van der Waals surface area contributed by atoms with E-state index in [4.69, 9.17) is 16.6 Å². The van der Waals surface area contributed by atoms with Gasteiger partial charge in [0.15, 0.2) is 0 Å². The lowest BCUT2D eigenvalue weighted by molar-refractivity contribution is 1.45. The number of fused-ring (bicyclic) bond motifs is 2. The van der Waals surface area contributed by atoms with Crippen LogP contribution in [0.4, 0.5) is 11.4 Å². The first kappa shape index (κ1) is 14.0. The number of nitrogens with zero attached hydrogens (tertiary/aromatic N) is 1. The predicted molar refractivity (Wildman–Crippen MR) is 98.7 cm³/mol. The van der Waals surface area contributed by atoms with E-state index in [1.807, 2.05) is 61.5 Å². The molecular weight excluding hydrogens is 304 g/mol. The lowest BCUT2D eigenvalue weighted by atomic mass is 10.1. The van der Waals surface area contributed by atoms with Crippen LogP contribution in [0.2, 0.25) is 5.02 Å². The Kier molecular flexibility index (Phi) is 3.40. The van der Waals surface area contributed by atoms with Gasteiger partial charge in [0.1, 0.15) is 0 Å². The maximum Gasteiger partial charge on any atom is 0.0730 e. The molecule has 0 saturated heterocycles. The van der Waals surface area contributed by atoms with Gasteiger partial charge in [-0.3, -0.25) is 0 Å². The van der Waals surface area contributed by atoms with Gasteiger partial charge in [0.05, 0.1) is 16.7 Å². The first-order valence-electron chi connectivity index (χ1n) is 7.53. The van der Waals surface area contributed by atoms with Crippen molar-refractivity contribution >= 4 is 44.8 Å². The Labute approximate surface area is 139 Å². The van der Waals surface area contributed by atoms with E-state index in [2.05, 4.69) is 17.4 Å². The van der Waals surface area contributed by atoms with Crippen LogP contribution in [0.15, 0.2) is 66.7 Å². The Morgan fingerprint density at radius 3 is 2.04 bits per heavy atom. The van der Waals surface area contributed by atoms with Crippen molar-refractivity contribution in [1.82, 2.24) is 4.98 Å². The van der Waals surface area contributed by atoms with E-state index in [0.717, 1.165) is 43.8 Å². The van der Waals surface area contributed by atoms with Crippen molar-refractivity contribution in [2.75, 3.05) is 5.32 Å². The Balaban J connectivity index is 1.97. The van der Waals surface area contributed by atoms with Crippen LogP contribution < -0.4 is 5.32 Å². The highest BCUT2D eigenvalue weighted by molar-refractivity contribution is 6.31. The van der Waals surface area contributed by atoms with Crippen LogP contribution in [-0.4, -0.2) is 4.98 Å². The van der Waals surface area contributed by atoms with Gasteiger partial charge in [-0.25, -0.2) is 4.98 Å². The third-order valence-electron chi connectivity index (χ3n) is 4.03. The number of aryl methyl sites for hydroxylation is 1. The summed E-state index contributed by atoms with van der Waals surface area (Å²) in [5.74, 6) is 0. The molecule has 0 saturated carbocycles. The van der Waals surface area contributed by atoms with E-state index in [1.54, 1.807) is 0 Å². The van der Waals surface area contributed by atoms with Crippen LogP contribution >= 0.6 is 11.6 Å². The summed E-state index contributed by atoms with van der Waals surface area (Å²) in [6.45, 7) is 2.00. The van der Waals surface area contributed by atoms with Gasteiger partial charge in [-0.2, -0.15) is 0 Å². The second kappa shape index (κ2) is 5.56. The molecular formula is C20H15ClN2. The fourth-order valence-electron chi connectivity index (χ4n) is 2.79. The van der Waals surface area contributed by atoms with Crippen molar-refractivity contribution in [2.45, 2.75) is 6.92 Å². The monoisotopic (exact) mass is 318 g/mol. The molecule has 4 rings (SSSR count). The summed E-state index contributed by atoms with van der Waals surface area (Å²) in [6, 6.07) is 22.4. The number of nitrogens with one attached hydrogen (secondary N) is 1. The van der Waals surface area contributed by atoms with E-state index in [9.17, 15) is 0 Å². The molecule has 23 heavy (non-hydrogen) atoms. The van der Waals surface area contributed by atoms with Gasteiger partial charge >= 0.3 is 0 Å². The van der Waals surface area contributed by atoms with E-state index in [0.29, 0.717) is 0 Å². The topological polar surface area (TPSA) is 24.9 Å². The van der Waals surface area contributed by atoms with E-state index in [-0.39, 0.29) is 0 Å². The molecule has 0 atom stereocenters. The highest BCUT2D eigenvalue weighted by atomic mass is 35.5. The maximum atomic E-state index is 6.26. The van der Waals surface area contributed by atoms with Crippen LogP contribution in [0, 0.1) is 6.92 Å². The maximum absolute atomic E-state index is 6.26. The molecule has 3 heteroatoms. The molecule has 0 radical (unpaired) electrons. The van der Waals surface area contributed by atoms with Crippen LogP contribution in [-0.2, 0) is 0 Å². The van der Waals surface area contributed by atoms with Crippen LogP contribution in [0.1, 0.15) is 5.56 Å². The number of para-hydroxylation sites is 2. The summed E-state index contributed by atoms with van der Waals surface area (Å²) in [7, 11) is 0. The fourth-order valence-corrected chi connectivity index (χ4v) is 2.97. The van der Waals surface area contributed by atoms with Gasteiger partial charge in [0.25, 0.3) is 0 Å². The molecule has 0 aliphatic heterocycles. The summed E-state index contributed by atoms with van der Waals surface area (Å²) >= 11 is 6.26. The molecule has 0 bridgehead atoms. The van der Waals surface area contributed by atoms with Crippen molar-refractivity contribution in [1.29, 1.82) is 0 Å². The Bertz CT molecular complexity index is 970. The molecule has 0 aliphatic rings. The molecule has 4 aromatic rings. The second-order valence-electron chi connectivity index (χ2n) is 5.61. The minimum absolute atomic E-state index is 0.762. The number of pyridine rings is 1. The second-order valence-corrected chi connectivity index (χ2v) is 6.02. The minimum Gasteiger partial charge on any atom is -0.354 e. The molecule has 0 fully saturated rings. The molecule has 0 spiro atoms. The van der Waals surface area contributed by atoms with Gasteiger partial charge in [0, 0.05) is 21.5 Å². The van der Waals surface area contributed by atoms with E-state index in [1.165, 1.54) is 0 Å². The Morgan fingerprint density at radius 1 is 0.826 bits per heavy atom. The summed E-state index contributed by atoms with van der Waals surface area (Å²) in [6.07, 6.45) is 0. The van der Waals surface area contributed by atoms with Crippen molar-refractivity contribution in [2.24, 2.45) is 0 Å². The average molecular weight is 319 g/mol. The highest BCUT2D eigenvalue weighted by Crippen LogP contribution is 2.33. The van der Waals surface area contributed by atoms with Crippen LogP contribution in [0.25, 0.3) is 21.8 Å². The average Bonchev–Trinajstić information content (AvgIpc) is 2.58. The summed E-state index contributed by atoms with van der Waals surface area (Å²) in [4.78, 5) is 4.75. The number of hydrogen-bond acceptors (Lipinski definition) is 2. The highest BCUT2D eigenvalue weighted by Gasteiger charge is 2.09. The van der Waals surface area contributed by atoms with Crippen molar-refractivity contribution in [3.05, 3.63) is 77.3 Å². The van der Waals surface area contributed by atoms with Gasteiger partial charge in [-0.15, -0.1) is 0 Å². The number of hydrogen-bond donors (Lipinski definition) is 1. The molecule has 1 N–H and O–H groups in total. The third kappa shape index (κ3) is 2.51. The molecule has 1 aromatic heterocycles. The van der Waals surface area contributed by atoms with Gasteiger partial charge in [-0.05, 0) is 36.8 Å². The Hall–Kier alpha value is -2.58. The van der Waals surface area contributed by atoms with Crippen LogP contribution in [0.3, 0.4) is 0 Å². The molecule has 112 valence electrons. The van der Waals surface area contributed by atoms with E-state index >= 15 is 0 Å². The molecule has 0 amide bonds. The summed E-state index contributed by atoms with van der Waals surface area (Å²) in [5.41, 5.74) is 5.06. The number of anilines is 2. The number of halogens is 1. The number of aromatic nitrogens is 1. The molecule has 0 aliphatic carbocycles. The largest absolute Gasteiger partial charge is 0.354 e. The van der Waals surface area contributed by atoms with Gasteiger partial charge in [-0.1, -0.05) is 54.1 Å². The normalized spacial score (nSPS) is 11.0. The standard InChI is InChI=1S/C20H15ClN2/c1-13-10-11-14(12-17(13)21)22-20-15-6-2-4-8-18(15)23-19-9-5-3-7-16(19)20/h2-12H,1H3,(H,22,23). The fraction of sp³-hybridized carbons (Fsp3) is 0.0500. The van der Waals surface area contributed by atoms with Crippen LogP contribution in [0.5, 0.6) is 0 Å². The first-order valence-corrected chi connectivity index (χ1v) is 7.91. The van der Waals surface area contributed by atoms with Crippen molar-refractivity contribution in [3.63, 3.8) is 0 Å². The third-order valence-corrected chi connectivity index (χ3v) is 4.44. The predicted octanol–water partition coefficient (Wildman–Crippen LogP) is 6.09. The molecule has 0 unspecified atom stereocenters. The lowest BCUT2D eigenvalue weighted by Crippen LogP contribution is -1.95. The summed E-state index contributed by atoms with van der Waals surface area (Å²) < 4.78 is 0. The zero-order valence-corrected chi connectivity index (χ0v) is 13.4. The van der Waals surface area contributed by atoms with Gasteiger partial charge < -0.3 is 5.32 Å².